The largest absolute Gasteiger partial charge is 0.466 e. The van der Waals surface area contributed by atoms with Gasteiger partial charge in [0, 0.05) is 22.8 Å². The van der Waals surface area contributed by atoms with E-state index in [1.807, 2.05) is 6.92 Å². The summed E-state index contributed by atoms with van der Waals surface area (Å²) in [6.07, 6.45) is 0. The molecule has 0 saturated heterocycles. The van der Waals surface area contributed by atoms with E-state index in [0.717, 1.165) is 0 Å². The molecule has 1 heterocycles. The fraction of sp³-hybridized carbons (Fsp3) is 0.333. The average Bonchev–Trinajstić information content (AvgIpc) is 2.46. The molecule has 1 aliphatic rings. The number of carbonyl (C=O) groups excluding carboxylic acids is 1. The number of esters is 1. The van der Waals surface area contributed by atoms with E-state index in [0.29, 0.717) is 22.9 Å². The zero-order valence-corrected chi connectivity index (χ0v) is 14.0. The summed E-state index contributed by atoms with van der Waals surface area (Å²) in [5.74, 6) is -1.05. The average molecular weight is 343 g/mol. The minimum atomic E-state index is -0.781. The summed E-state index contributed by atoms with van der Waals surface area (Å²) in [6, 6.07) is 3.59. The van der Waals surface area contributed by atoms with Gasteiger partial charge >= 0.3 is 5.97 Å². The Balaban J connectivity index is 2.66. The third-order valence-corrected chi connectivity index (χ3v) is 4.27. The number of halogens is 2. The number of nitrogens with zero attached hydrogens (tertiary/aromatic N) is 1. The molecule has 0 unspecified atom stereocenters. The van der Waals surface area contributed by atoms with Gasteiger partial charge in [-0.2, -0.15) is 0 Å². The zero-order chi connectivity index (χ0) is 16.4. The molecule has 1 aliphatic heterocycles. The molecular formula is C15H16ClFN2O2S. The van der Waals surface area contributed by atoms with Gasteiger partial charge in [0.15, 0.2) is 5.11 Å². The Kier molecular flexibility index (Phi) is 5.03. The second kappa shape index (κ2) is 6.62. The van der Waals surface area contributed by atoms with E-state index in [-0.39, 0.29) is 10.6 Å². The Morgan fingerprint density at radius 3 is 2.77 bits per heavy atom. The number of ether oxygens (including phenoxy) is 1. The van der Waals surface area contributed by atoms with Crippen molar-refractivity contribution < 1.29 is 13.9 Å². The molecule has 0 aliphatic carbocycles. The number of carbonyl (C=O) groups is 1. The van der Waals surface area contributed by atoms with Gasteiger partial charge in [-0.05, 0) is 38.2 Å². The smallest absolute Gasteiger partial charge is 0.337 e. The molecule has 118 valence electrons. The van der Waals surface area contributed by atoms with Crippen LogP contribution in [0.5, 0.6) is 0 Å². The Bertz CT molecular complexity index is 643. The van der Waals surface area contributed by atoms with E-state index in [1.165, 1.54) is 19.2 Å². The molecule has 1 atom stereocenters. The highest BCUT2D eigenvalue weighted by Crippen LogP contribution is 2.36. The van der Waals surface area contributed by atoms with Crippen molar-refractivity contribution >= 4 is 34.9 Å². The van der Waals surface area contributed by atoms with Gasteiger partial charge < -0.3 is 15.0 Å². The van der Waals surface area contributed by atoms with Gasteiger partial charge in [-0.1, -0.05) is 17.7 Å². The van der Waals surface area contributed by atoms with Crippen LogP contribution in [0.2, 0.25) is 5.02 Å². The summed E-state index contributed by atoms with van der Waals surface area (Å²) in [6.45, 7) is 4.24. The number of hydrogen-bond acceptors (Lipinski definition) is 3. The fourth-order valence-corrected chi connectivity index (χ4v) is 3.20. The van der Waals surface area contributed by atoms with Crippen LogP contribution < -0.4 is 5.32 Å². The predicted octanol–water partition coefficient (Wildman–Crippen LogP) is 3.18. The molecule has 4 nitrogen and oxygen atoms in total. The van der Waals surface area contributed by atoms with Crippen LogP contribution in [0.25, 0.3) is 0 Å². The highest BCUT2D eigenvalue weighted by molar-refractivity contribution is 7.80. The summed E-state index contributed by atoms with van der Waals surface area (Å²) in [5.41, 5.74) is 1.11. The molecule has 0 saturated carbocycles. The quantitative estimate of drug-likeness (QED) is 0.675. The molecule has 0 spiro atoms. The number of rotatable bonds is 3. The first-order valence-corrected chi connectivity index (χ1v) is 7.52. The Morgan fingerprint density at radius 1 is 1.55 bits per heavy atom. The first kappa shape index (κ1) is 16.7. The Hall–Kier alpha value is -1.66. The Morgan fingerprint density at radius 2 is 2.23 bits per heavy atom. The van der Waals surface area contributed by atoms with Crippen molar-refractivity contribution in [1.82, 2.24) is 10.2 Å². The summed E-state index contributed by atoms with van der Waals surface area (Å²) < 4.78 is 19.1. The van der Waals surface area contributed by atoms with Gasteiger partial charge in [0.25, 0.3) is 0 Å². The van der Waals surface area contributed by atoms with Crippen LogP contribution >= 0.6 is 23.8 Å². The molecule has 0 amide bonds. The lowest BCUT2D eigenvalue weighted by atomic mass is 9.94. The minimum absolute atomic E-state index is 0.182. The predicted molar refractivity (Wildman–Crippen MR) is 87.0 cm³/mol. The van der Waals surface area contributed by atoms with Gasteiger partial charge in [0.2, 0.25) is 0 Å². The maximum atomic E-state index is 14.3. The molecule has 0 fully saturated rings. The topological polar surface area (TPSA) is 41.6 Å². The number of benzene rings is 1. The van der Waals surface area contributed by atoms with Crippen molar-refractivity contribution in [3.8, 4) is 0 Å². The lowest BCUT2D eigenvalue weighted by Crippen LogP contribution is -2.47. The van der Waals surface area contributed by atoms with Crippen LogP contribution in [-0.4, -0.2) is 29.6 Å². The van der Waals surface area contributed by atoms with Crippen molar-refractivity contribution in [2.75, 3.05) is 13.7 Å². The van der Waals surface area contributed by atoms with Crippen LogP contribution in [0.15, 0.2) is 29.5 Å². The highest BCUT2D eigenvalue weighted by atomic mass is 35.5. The van der Waals surface area contributed by atoms with Gasteiger partial charge in [-0.3, -0.25) is 0 Å². The van der Waals surface area contributed by atoms with E-state index in [1.54, 1.807) is 17.9 Å². The number of nitrogens with one attached hydrogen (secondary N) is 1. The van der Waals surface area contributed by atoms with Crippen LogP contribution in [0.4, 0.5) is 4.39 Å². The highest BCUT2D eigenvalue weighted by Gasteiger charge is 2.36. The molecule has 7 heteroatoms. The third kappa shape index (κ3) is 2.80. The monoisotopic (exact) mass is 342 g/mol. The fourth-order valence-electron chi connectivity index (χ4n) is 2.54. The van der Waals surface area contributed by atoms with Gasteiger partial charge in [-0.25, -0.2) is 9.18 Å². The molecule has 0 bridgehead atoms. The van der Waals surface area contributed by atoms with Crippen molar-refractivity contribution in [3.63, 3.8) is 0 Å². The maximum absolute atomic E-state index is 14.3. The van der Waals surface area contributed by atoms with E-state index in [9.17, 15) is 9.18 Å². The lowest BCUT2D eigenvalue weighted by molar-refractivity contribution is -0.136. The van der Waals surface area contributed by atoms with Crippen LogP contribution in [0, 0.1) is 5.82 Å². The zero-order valence-electron chi connectivity index (χ0n) is 12.4. The lowest BCUT2D eigenvalue weighted by Gasteiger charge is -2.37. The molecular weight excluding hydrogens is 327 g/mol. The molecule has 1 aromatic rings. The van der Waals surface area contributed by atoms with Crippen molar-refractivity contribution in [2.24, 2.45) is 0 Å². The van der Waals surface area contributed by atoms with Gasteiger partial charge in [0.1, 0.15) is 5.82 Å². The standard InChI is InChI=1S/C15H16ClFN2O2S/c1-4-19-8(2)11(14(20)21-3)13(18-15(19)22)12-9(16)6-5-7-10(12)17/h5-7,13H,4H2,1-3H3,(H,18,22)/t13-/m1/s1. The number of thiocarbonyl (C=S) groups is 1. The van der Waals surface area contributed by atoms with Crippen molar-refractivity contribution in [2.45, 2.75) is 19.9 Å². The van der Waals surface area contributed by atoms with Crippen LogP contribution in [-0.2, 0) is 9.53 Å². The maximum Gasteiger partial charge on any atom is 0.337 e. The van der Waals surface area contributed by atoms with E-state index >= 15 is 0 Å². The van der Waals surface area contributed by atoms with Gasteiger partial charge in [-0.15, -0.1) is 0 Å². The minimum Gasteiger partial charge on any atom is -0.466 e. The summed E-state index contributed by atoms with van der Waals surface area (Å²) in [4.78, 5) is 14.0. The SMILES string of the molecule is CCN1C(=S)N[C@@H](c2c(F)cccc2Cl)C(C(=O)OC)=C1C. The number of methoxy groups -OCH3 is 1. The Labute approximate surface area is 138 Å². The molecule has 22 heavy (non-hydrogen) atoms. The molecule has 0 aromatic heterocycles. The van der Waals surface area contributed by atoms with E-state index in [4.69, 9.17) is 28.6 Å². The molecule has 2 rings (SSSR count). The summed E-state index contributed by atoms with van der Waals surface area (Å²) in [7, 11) is 1.28. The van der Waals surface area contributed by atoms with Crippen molar-refractivity contribution in [3.05, 3.63) is 45.9 Å². The molecule has 0 radical (unpaired) electrons. The summed E-state index contributed by atoms with van der Waals surface area (Å²) in [5, 5.41) is 3.62. The molecule has 1 aromatic carbocycles. The number of allylic oxidation sites excluding steroid dienone is 1. The van der Waals surface area contributed by atoms with E-state index in [2.05, 4.69) is 5.32 Å². The number of hydrogen-bond donors (Lipinski definition) is 1. The van der Waals surface area contributed by atoms with E-state index < -0.39 is 17.8 Å². The van der Waals surface area contributed by atoms with Crippen LogP contribution in [0.1, 0.15) is 25.5 Å². The summed E-state index contributed by atoms with van der Waals surface area (Å²) >= 11 is 11.4. The van der Waals surface area contributed by atoms with Gasteiger partial charge in [0.05, 0.1) is 18.7 Å². The second-order valence-corrected chi connectivity index (χ2v) is 5.55. The third-order valence-electron chi connectivity index (χ3n) is 3.61. The molecule has 1 N–H and O–H groups in total. The van der Waals surface area contributed by atoms with Crippen molar-refractivity contribution in [1.29, 1.82) is 0 Å². The normalized spacial score (nSPS) is 18.3. The van der Waals surface area contributed by atoms with Crippen LogP contribution in [0.3, 0.4) is 0 Å². The second-order valence-electron chi connectivity index (χ2n) is 4.75. The first-order chi connectivity index (χ1) is 10.4. The first-order valence-electron chi connectivity index (χ1n) is 6.73.